The van der Waals surface area contributed by atoms with Crippen LogP contribution in [0.2, 0.25) is 0 Å². The summed E-state index contributed by atoms with van der Waals surface area (Å²) in [5, 5.41) is 2.78. The molecule has 2 fully saturated rings. The molecule has 2 amide bonds. The van der Waals surface area contributed by atoms with Crippen LogP contribution in [0.15, 0.2) is 22.8 Å². The predicted molar refractivity (Wildman–Crippen MR) is 92.6 cm³/mol. The molecule has 1 aromatic heterocycles. The molecular formula is C16H21BrN4O3. The number of carbonyl (C=O) groups excluding carboxylic acids is 2. The molecule has 3 rings (SSSR count). The van der Waals surface area contributed by atoms with E-state index in [4.69, 9.17) is 4.74 Å². The van der Waals surface area contributed by atoms with Crippen molar-refractivity contribution < 1.29 is 14.3 Å². The maximum Gasteiger partial charge on any atom is 0.251 e. The molecule has 3 heterocycles. The van der Waals surface area contributed by atoms with Gasteiger partial charge >= 0.3 is 0 Å². The molecule has 7 nitrogen and oxygen atoms in total. The van der Waals surface area contributed by atoms with Gasteiger partial charge in [0.15, 0.2) is 0 Å². The Morgan fingerprint density at radius 1 is 1.29 bits per heavy atom. The Morgan fingerprint density at radius 3 is 2.71 bits per heavy atom. The van der Waals surface area contributed by atoms with Crippen LogP contribution in [0, 0.1) is 0 Å². The Balaban J connectivity index is 1.42. The number of nitrogens with zero attached hydrogens (tertiary/aromatic N) is 3. The third-order valence-corrected chi connectivity index (χ3v) is 4.72. The maximum atomic E-state index is 12.3. The summed E-state index contributed by atoms with van der Waals surface area (Å²) in [5.74, 6) is 0.537. The van der Waals surface area contributed by atoms with Gasteiger partial charge in [-0.3, -0.25) is 14.5 Å². The van der Waals surface area contributed by atoms with Crippen molar-refractivity contribution >= 4 is 33.6 Å². The minimum Gasteiger partial charge on any atom is -0.368 e. The topological polar surface area (TPSA) is 74.8 Å². The number of ether oxygens (including phenoxy) is 1. The van der Waals surface area contributed by atoms with Gasteiger partial charge in [-0.25, -0.2) is 4.98 Å². The van der Waals surface area contributed by atoms with Gasteiger partial charge in [0, 0.05) is 43.5 Å². The molecule has 2 aliphatic heterocycles. The number of hydrogen-bond acceptors (Lipinski definition) is 5. The monoisotopic (exact) mass is 396 g/mol. The number of piperazine rings is 1. The van der Waals surface area contributed by atoms with Crippen LogP contribution in [-0.4, -0.2) is 72.0 Å². The zero-order chi connectivity index (χ0) is 16.9. The summed E-state index contributed by atoms with van der Waals surface area (Å²) in [4.78, 5) is 32.4. The molecule has 0 aromatic carbocycles. The molecule has 1 atom stereocenters. The lowest BCUT2D eigenvalue weighted by Crippen LogP contribution is -2.52. The first-order valence-corrected chi connectivity index (χ1v) is 8.95. The second-order valence-corrected chi connectivity index (χ2v) is 6.93. The quantitative estimate of drug-likeness (QED) is 0.824. The van der Waals surface area contributed by atoms with Gasteiger partial charge < -0.3 is 15.0 Å². The lowest BCUT2D eigenvalue weighted by atomic mass is 10.2. The fraction of sp³-hybridized carbons (Fsp3) is 0.562. The van der Waals surface area contributed by atoms with Crippen molar-refractivity contribution in [3.63, 3.8) is 0 Å². The number of halogens is 1. The number of rotatable bonds is 4. The first-order chi connectivity index (χ1) is 11.6. The van der Waals surface area contributed by atoms with Crippen molar-refractivity contribution in [1.29, 1.82) is 0 Å². The normalized spacial score (nSPS) is 21.7. The first kappa shape index (κ1) is 17.3. The second-order valence-electron chi connectivity index (χ2n) is 6.01. The Bertz CT molecular complexity index is 581. The summed E-state index contributed by atoms with van der Waals surface area (Å²) in [7, 11) is 0. The van der Waals surface area contributed by atoms with Gasteiger partial charge in [0.25, 0.3) is 5.91 Å². The highest BCUT2D eigenvalue weighted by molar-refractivity contribution is 9.10. The SMILES string of the molecule is O=C(CN1CCN(C(=O)[C@@H]2CCCO2)CC1)Nc1ccc(Br)cn1. The number of amides is 2. The van der Waals surface area contributed by atoms with Gasteiger partial charge in [-0.05, 0) is 40.9 Å². The van der Waals surface area contributed by atoms with Crippen LogP contribution in [-0.2, 0) is 14.3 Å². The Kier molecular flexibility index (Phi) is 5.80. The molecule has 0 spiro atoms. The first-order valence-electron chi connectivity index (χ1n) is 8.16. The standard InChI is InChI=1S/C16H21BrN4O3/c17-12-3-4-14(18-10-12)19-15(22)11-20-5-7-21(8-6-20)16(23)13-2-1-9-24-13/h3-4,10,13H,1-2,5-9,11H2,(H,18,19,22)/t13-/m0/s1. The van der Waals surface area contributed by atoms with Crippen molar-refractivity contribution in [2.24, 2.45) is 0 Å². The van der Waals surface area contributed by atoms with Gasteiger partial charge in [0.1, 0.15) is 11.9 Å². The van der Waals surface area contributed by atoms with Crippen LogP contribution in [0.1, 0.15) is 12.8 Å². The number of nitrogens with one attached hydrogen (secondary N) is 1. The highest BCUT2D eigenvalue weighted by Crippen LogP contribution is 2.16. The number of hydrogen-bond donors (Lipinski definition) is 1. The summed E-state index contributed by atoms with van der Waals surface area (Å²) < 4.78 is 6.32. The van der Waals surface area contributed by atoms with Crippen LogP contribution < -0.4 is 5.32 Å². The van der Waals surface area contributed by atoms with E-state index in [1.54, 1.807) is 12.3 Å². The van der Waals surface area contributed by atoms with Gasteiger partial charge in [0.05, 0.1) is 6.54 Å². The summed E-state index contributed by atoms with van der Waals surface area (Å²) >= 11 is 3.31. The number of pyridine rings is 1. The molecule has 0 aliphatic carbocycles. The van der Waals surface area contributed by atoms with Crippen molar-refractivity contribution in [3.05, 3.63) is 22.8 Å². The predicted octanol–water partition coefficient (Wildman–Crippen LogP) is 1.11. The zero-order valence-corrected chi connectivity index (χ0v) is 15.0. The molecule has 0 saturated carbocycles. The Morgan fingerprint density at radius 2 is 2.08 bits per heavy atom. The molecular weight excluding hydrogens is 376 g/mol. The van der Waals surface area contributed by atoms with Crippen molar-refractivity contribution in [1.82, 2.24) is 14.8 Å². The third kappa shape index (κ3) is 4.52. The molecule has 0 radical (unpaired) electrons. The Hall–Kier alpha value is -1.51. The maximum absolute atomic E-state index is 12.3. The highest BCUT2D eigenvalue weighted by atomic mass is 79.9. The van der Waals surface area contributed by atoms with Crippen LogP contribution >= 0.6 is 15.9 Å². The number of anilines is 1. The second kappa shape index (κ2) is 8.04. The molecule has 8 heteroatoms. The van der Waals surface area contributed by atoms with Crippen molar-refractivity contribution in [2.75, 3.05) is 44.6 Å². The largest absolute Gasteiger partial charge is 0.368 e. The van der Waals surface area contributed by atoms with E-state index >= 15 is 0 Å². The van der Waals surface area contributed by atoms with Crippen molar-refractivity contribution in [2.45, 2.75) is 18.9 Å². The van der Waals surface area contributed by atoms with E-state index < -0.39 is 0 Å². The lowest BCUT2D eigenvalue weighted by molar-refractivity contribution is -0.142. The molecule has 1 aromatic rings. The lowest BCUT2D eigenvalue weighted by Gasteiger charge is -2.35. The van der Waals surface area contributed by atoms with Gasteiger partial charge in [-0.1, -0.05) is 0 Å². The fourth-order valence-corrected chi connectivity index (χ4v) is 3.17. The molecule has 2 aliphatic rings. The van der Waals surface area contributed by atoms with E-state index in [0.29, 0.717) is 45.1 Å². The molecule has 2 saturated heterocycles. The van der Waals surface area contributed by atoms with Gasteiger partial charge in [-0.15, -0.1) is 0 Å². The van der Waals surface area contributed by atoms with Crippen LogP contribution in [0.4, 0.5) is 5.82 Å². The summed E-state index contributed by atoms with van der Waals surface area (Å²) in [5.41, 5.74) is 0. The molecule has 1 N–H and O–H groups in total. The van der Waals surface area contributed by atoms with E-state index in [1.807, 2.05) is 15.9 Å². The number of aromatic nitrogens is 1. The molecule has 0 bridgehead atoms. The number of carbonyl (C=O) groups is 2. The minimum atomic E-state index is -0.261. The van der Waals surface area contributed by atoms with Crippen molar-refractivity contribution in [3.8, 4) is 0 Å². The van der Waals surface area contributed by atoms with E-state index in [0.717, 1.165) is 17.3 Å². The van der Waals surface area contributed by atoms with Crippen LogP contribution in [0.25, 0.3) is 0 Å². The summed E-state index contributed by atoms with van der Waals surface area (Å²) in [6.45, 7) is 3.66. The smallest absolute Gasteiger partial charge is 0.251 e. The van der Waals surface area contributed by atoms with Gasteiger partial charge in [0.2, 0.25) is 5.91 Å². The minimum absolute atomic E-state index is 0.0932. The third-order valence-electron chi connectivity index (χ3n) is 4.25. The van der Waals surface area contributed by atoms with Crippen LogP contribution in [0.3, 0.4) is 0 Å². The molecule has 24 heavy (non-hydrogen) atoms. The zero-order valence-electron chi connectivity index (χ0n) is 13.4. The van der Waals surface area contributed by atoms with E-state index in [9.17, 15) is 9.59 Å². The van der Waals surface area contributed by atoms with Gasteiger partial charge in [-0.2, -0.15) is 0 Å². The average molecular weight is 397 g/mol. The highest BCUT2D eigenvalue weighted by Gasteiger charge is 2.30. The van der Waals surface area contributed by atoms with E-state index in [1.165, 1.54) is 0 Å². The fourth-order valence-electron chi connectivity index (χ4n) is 2.94. The summed E-state index contributed by atoms with van der Waals surface area (Å²) in [6.07, 6.45) is 3.16. The Labute approximate surface area is 149 Å². The van der Waals surface area contributed by atoms with E-state index in [2.05, 4.69) is 26.2 Å². The van der Waals surface area contributed by atoms with Crippen LogP contribution in [0.5, 0.6) is 0 Å². The molecule has 130 valence electrons. The molecule has 0 unspecified atom stereocenters. The summed E-state index contributed by atoms with van der Waals surface area (Å²) in [6, 6.07) is 3.58. The average Bonchev–Trinajstić information content (AvgIpc) is 3.11. The van der Waals surface area contributed by atoms with E-state index in [-0.39, 0.29) is 17.9 Å².